The van der Waals surface area contributed by atoms with E-state index in [1.807, 2.05) is 52.0 Å². The molecule has 2 N–H and O–H groups in total. The molecule has 2 rings (SSSR count). The fourth-order valence-electron chi connectivity index (χ4n) is 2.52. The maximum atomic E-state index is 12.7. The number of benzene rings is 2. The Labute approximate surface area is 154 Å². The summed E-state index contributed by atoms with van der Waals surface area (Å²) < 4.78 is 5.83. The predicted molar refractivity (Wildman–Crippen MR) is 104 cm³/mol. The Balaban J connectivity index is 2.14. The van der Waals surface area contributed by atoms with Crippen LogP contribution in [-0.4, -0.2) is 24.0 Å². The van der Waals surface area contributed by atoms with Crippen LogP contribution in [0.1, 0.15) is 43.1 Å². The van der Waals surface area contributed by atoms with Gasteiger partial charge in [0, 0.05) is 6.04 Å². The van der Waals surface area contributed by atoms with Gasteiger partial charge in [-0.3, -0.25) is 9.59 Å². The molecule has 2 aromatic carbocycles. The van der Waals surface area contributed by atoms with Gasteiger partial charge >= 0.3 is 0 Å². The number of hydrogen-bond acceptors (Lipinski definition) is 3. The van der Waals surface area contributed by atoms with Gasteiger partial charge in [-0.1, -0.05) is 31.2 Å². The van der Waals surface area contributed by atoms with Gasteiger partial charge in [0.25, 0.3) is 11.8 Å². The molecule has 0 spiro atoms. The summed E-state index contributed by atoms with van der Waals surface area (Å²) >= 11 is 0. The van der Waals surface area contributed by atoms with Crippen molar-refractivity contribution in [1.29, 1.82) is 0 Å². The normalized spacial score (nSPS) is 11.7. The molecule has 0 aromatic heterocycles. The monoisotopic (exact) mass is 354 g/mol. The summed E-state index contributed by atoms with van der Waals surface area (Å²) in [7, 11) is 0. The molecular formula is C21H26N2O3. The van der Waals surface area contributed by atoms with Gasteiger partial charge in [0.1, 0.15) is 5.75 Å². The van der Waals surface area contributed by atoms with Crippen molar-refractivity contribution in [3.05, 3.63) is 59.7 Å². The van der Waals surface area contributed by atoms with Crippen molar-refractivity contribution in [2.24, 2.45) is 0 Å². The highest BCUT2D eigenvalue weighted by molar-refractivity contribution is 6.04. The molecule has 2 amide bonds. The van der Waals surface area contributed by atoms with E-state index in [9.17, 15) is 9.59 Å². The minimum atomic E-state index is -0.641. The molecule has 2 aromatic rings. The van der Waals surface area contributed by atoms with Gasteiger partial charge in [-0.25, -0.2) is 0 Å². The number of rotatable bonds is 7. The van der Waals surface area contributed by atoms with Crippen LogP contribution in [-0.2, 0) is 4.79 Å². The van der Waals surface area contributed by atoms with Gasteiger partial charge in [0.2, 0.25) is 0 Å². The Hall–Kier alpha value is -2.82. The molecule has 138 valence electrons. The van der Waals surface area contributed by atoms with E-state index in [4.69, 9.17) is 4.74 Å². The van der Waals surface area contributed by atoms with Gasteiger partial charge in [0.05, 0.1) is 11.3 Å². The summed E-state index contributed by atoms with van der Waals surface area (Å²) in [5.74, 6) is 0.153. The lowest BCUT2D eigenvalue weighted by Gasteiger charge is -2.19. The van der Waals surface area contributed by atoms with Crippen LogP contribution in [0.4, 0.5) is 5.69 Å². The van der Waals surface area contributed by atoms with Crippen LogP contribution >= 0.6 is 0 Å². The van der Waals surface area contributed by atoms with E-state index < -0.39 is 6.10 Å². The summed E-state index contributed by atoms with van der Waals surface area (Å²) in [6, 6.07) is 14.5. The number of amides is 2. The highest BCUT2D eigenvalue weighted by Crippen LogP contribution is 2.19. The minimum absolute atomic E-state index is 0.0132. The van der Waals surface area contributed by atoms with Gasteiger partial charge in [-0.2, -0.15) is 0 Å². The number of para-hydroxylation sites is 1. The second-order valence-corrected chi connectivity index (χ2v) is 6.49. The smallest absolute Gasteiger partial charge is 0.265 e. The SMILES string of the molecule is CC[C@@H](Oc1cccc(C)c1)C(=O)Nc1ccccc1C(=O)NC(C)C. The van der Waals surface area contributed by atoms with Crippen LogP contribution in [0.15, 0.2) is 48.5 Å². The van der Waals surface area contributed by atoms with Gasteiger partial charge in [0.15, 0.2) is 6.10 Å². The summed E-state index contributed by atoms with van der Waals surface area (Å²) in [6.45, 7) is 7.64. The Morgan fingerprint density at radius 3 is 2.46 bits per heavy atom. The van der Waals surface area contributed by atoms with Gasteiger partial charge in [-0.05, 0) is 57.0 Å². The van der Waals surface area contributed by atoms with E-state index in [1.165, 1.54) is 0 Å². The van der Waals surface area contributed by atoms with Crippen molar-refractivity contribution in [2.75, 3.05) is 5.32 Å². The molecule has 5 nitrogen and oxygen atoms in total. The number of hydrogen-bond donors (Lipinski definition) is 2. The summed E-state index contributed by atoms with van der Waals surface area (Å²) in [5.41, 5.74) is 1.97. The standard InChI is InChI=1S/C21H26N2O3/c1-5-19(26-16-10-8-9-15(4)13-16)21(25)23-18-12-7-6-11-17(18)20(24)22-14(2)3/h6-14,19H,5H2,1-4H3,(H,22,24)(H,23,25)/t19-/m1/s1. The number of carbonyl (C=O) groups excluding carboxylic acids is 2. The van der Waals surface area contributed by atoms with E-state index >= 15 is 0 Å². The van der Waals surface area contributed by atoms with E-state index in [-0.39, 0.29) is 17.9 Å². The molecule has 26 heavy (non-hydrogen) atoms. The molecule has 0 heterocycles. The number of nitrogens with one attached hydrogen (secondary N) is 2. The second-order valence-electron chi connectivity index (χ2n) is 6.49. The van der Waals surface area contributed by atoms with Gasteiger partial charge < -0.3 is 15.4 Å². The average molecular weight is 354 g/mol. The zero-order valence-corrected chi connectivity index (χ0v) is 15.7. The Morgan fingerprint density at radius 2 is 1.81 bits per heavy atom. The Kier molecular flexibility index (Phi) is 6.78. The van der Waals surface area contributed by atoms with Crippen LogP contribution in [0.3, 0.4) is 0 Å². The molecule has 5 heteroatoms. The Morgan fingerprint density at radius 1 is 1.08 bits per heavy atom. The molecule has 0 saturated heterocycles. The highest BCUT2D eigenvalue weighted by atomic mass is 16.5. The number of ether oxygens (including phenoxy) is 1. The molecular weight excluding hydrogens is 328 g/mol. The lowest BCUT2D eigenvalue weighted by Crippen LogP contribution is -2.34. The second kappa shape index (κ2) is 9.04. The molecule has 1 atom stereocenters. The van der Waals surface area contributed by atoms with E-state index in [0.717, 1.165) is 5.56 Å². The molecule has 0 bridgehead atoms. The number of carbonyl (C=O) groups is 2. The van der Waals surface area contributed by atoms with Crippen LogP contribution in [0.5, 0.6) is 5.75 Å². The van der Waals surface area contributed by atoms with E-state index in [0.29, 0.717) is 23.4 Å². The lowest BCUT2D eigenvalue weighted by molar-refractivity contribution is -0.122. The molecule has 0 aliphatic rings. The summed E-state index contributed by atoms with van der Waals surface area (Å²) in [4.78, 5) is 25.0. The average Bonchev–Trinajstić information content (AvgIpc) is 2.59. The van der Waals surface area contributed by atoms with Crippen LogP contribution in [0.2, 0.25) is 0 Å². The van der Waals surface area contributed by atoms with Crippen molar-refractivity contribution in [2.45, 2.75) is 46.3 Å². The van der Waals surface area contributed by atoms with Crippen molar-refractivity contribution in [3.8, 4) is 5.75 Å². The van der Waals surface area contributed by atoms with Crippen molar-refractivity contribution in [1.82, 2.24) is 5.32 Å². The van der Waals surface area contributed by atoms with Crippen LogP contribution in [0.25, 0.3) is 0 Å². The molecule has 0 aliphatic carbocycles. The first-order chi connectivity index (χ1) is 12.4. The van der Waals surface area contributed by atoms with E-state index in [2.05, 4.69) is 10.6 Å². The maximum Gasteiger partial charge on any atom is 0.265 e. The first kappa shape index (κ1) is 19.5. The van der Waals surface area contributed by atoms with Crippen LogP contribution in [0, 0.1) is 6.92 Å². The molecule has 0 unspecified atom stereocenters. The highest BCUT2D eigenvalue weighted by Gasteiger charge is 2.21. The first-order valence-corrected chi connectivity index (χ1v) is 8.84. The zero-order chi connectivity index (χ0) is 19.1. The minimum Gasteiger partial charge on any atom is -0.481 e. The first-order valence-electron chi connectivity index (χ1n) is 8.84. The lowest BCUT2D eigenvalue weighted by atomic mass is 10.1. The quantitative estimate of drug-likeness (QED) is 0.792. The molecule has 0 fully saturated rings. The summed E-state index contributed by atoms with van der Waals surface area (Å²) in [6.07, 6.45) is -0.127. The summed E-state index contributed by atoms with van der Waals surface area (Å²) in [5, 5.41) is 5.67. The third-order valence-corrected chi connectivity index (χ3v) is 3.78. The Bertz CT molecular complexity index is 771. The fraction of sp³-hybridized carbons (Fsp3) is 0.333. The molecule has 0 aliphatic heterocycles. The third kappa shape index (κ3) is 5.34. The largest absolute Gasteiger partial charge is 0.481 e. The maximum absolute atomic E-state index is 12.7. The van der Waals surface area contributed by atoms with Crippen LogP contribution < -0.4 is 15.4 Å². The van der Waals surface area contributed by atoms with Crippen molar-refractivity contribution >= 4 is 17.5 Å². The predicted octanol–water partition coefficient (Wildman–Crippen LogP) is 3.93. The zero-order valence-electron chi connectivity index (χ0n) is 15.7. The number of anilines is 1. The number of aryl methyl sites for hydroxylation is 1. The van der Waals surface area contributed by atoms with Crippen molar-refractivity contribution < 1.29 is 14.3 Å². The molecule has 0 saturated carbocycles. The fourth-order valence-corrected chi connectivity index (χ4v) is 2.52. The van der Waals surface area contributed by atoms with E-state index in [1.54, 1.807) is 24.3 Å². The van der Waals surface area contributed by atoms with Crippen molar-refractivity contribution in [3.63, 3.8) is 0 Å². The third-order valence-electron chi connectivity index (χ3n) is 3.78. The topological polar surface area (TPSA) is 67.4 Å². The van der Waals surface area contributed by atoms with Gasteiger partial charge in [-0.15, -0.1) is 0 Å². The molecule has 0 radical (unpaired) electrons.